The summed E-state index contributed by atoms with van der Waals surface area (Å²) in [6, 6.07) is 7.28. The highest BCUT2D eigenvalue weighted by Gasteiger charge is 2.24. The highest BCUT2D eigenvalue weighted by molar-refractivity contribution is 5.29. The third-order valence-electron chi connectivity index (χ3n) is 6.54. The van der Waals surface area contributed by atoms with Crippen molar-refractivity contribution < 1.29 is 13.5 Å². The minimum absolute atomic E-state index is 0.259. The van der Waals surface area contributed by atoms with Crippen molar-refractivity contribution in [2.24, 2.45) is 17.8 Å². The molecule has 0 saturated heterocycles. The number of rotatable bonds is 6. The van der Waals surface area contributed by atoms with E-state index >= 15 is 0 Å². The molecule has 1 nitrogen and oxygen atoms in total. The van der Waals surface area contributed by atoms with Crippen LogP contribution in [0.3, 0.4) is 0 Å². The standard InChI is InChI=1S/C22H32F2O/c1-16-2-4-17(5-3-16)6-7-18-8-10-19(11-9-18)20-12-14-21(15-13-20)25-22(23)24/h12-19,22H,2-11H2,1H3. The molecule has 0 atom stereocenters. The van der Waals surface area contributed by atoms with Crippen LogP contribution in [-0.2, 0) is 0 Å². The first-order valence-electron chi connectivity index (χ1n) is 10.1. The molecular weight excluding hydrogens is 318 g/mol. The Morgan fingerprint density at radius 3 is 1.88 bits per heavy atom. The number of hydrogen-bond acceptors (Lipinski definition) is 1. The minimum Gasteiger partial charge on any atom is -0.435 e. The molecule has 0 amide bonds. The van der Waals surface area contributed by atoms with E-state index in [1.807, 2.05) is 12.1 Å². The van der Waals surface area contributed by atoms with E-state index in [1.165, 1.54) is 69.8 Å². The Morgan fingerprint density at radius 2 is 1.36 bits per heavy atom. The van der Waals surface area contributed by atoms with Crippen molar-refractivity contribution in [1.29, 1.82) is 0 Å². The van der Waals surface area contributed by atoms with E-state index in [-0.39, 0.29) is 5.75 Å². The first-order chi connectivity index (χ1) is 12.1. The Hall–Kier alpha value is -1.12. The Labute approximate surface area is 151 Å². The molecule has 25 heavy (non-hydrogen) atoms. The van der Waals surface area contributed by atoms with Crippen LogP contribution in [0.5, 0.6) is 5.75 Å². The van der Waals surface area contributed by atoms with Crippen molar-refractivity contribution in [2.75, 3.05) is 0 Å². The molecule has 140 valence electrons. The summed E-state index contributed by atoms with van der Waals surface area (Å²) in [5.41, 5.74) is 1.28. The molecule has 1 aromatic carbocycles. The summed E-state index contributed by atoms with van der Waals surface area (Å²) >= 11 is 0. The molecule has 3 rings (SSSR count). The monoisotopic (exact) mass is 350 g/mol. The van der Waals surface area contributed by atoms with Crippen LogP contribution in [0.4, 0.5) is 8.78 Å². The predicted octanol–water partition coefficient (Wildman–Crippen LogP) is 7.17. The maximum atomic E-state index is 12.2. The average molecular weight is 350 g/mol. The van der Waals surface area contributed by atoms with E-state index in [0.29, 0.717) is 5.92 Å². The van der Waals surface area contributed by atoms with Crippen LogP contribution >= 0.6 is 0 Å². The smallest absolute Gasteiger partial charge is 0.387 e. The lowest BCUT2D eigenvalue weighted by molar-refractivity contribution is -0.0498. The molecule has 0 aromatic heterocycles. The van der Waals surface area contributed by atoms with Gasteiger partial charge in [0.15, 0.2) is 0 Å². The third kappa shape index (κ3) is 5.69. The van der Waals surface area contributed by atoms with Gasteiger partial charge < -0.3 is 4.74 Å². The van der Waals surface area contributed by atoms with Crippen molar-refractivity contribution in [2.45, 2.75) is 83.7 Å². The molecule has 3 heteroatoms. The zero-order valence-corrected chi connectivity index (χ0v) is 15.4. The normalized spacial score (nSPS) is 30.4. The molecule has 1 aromatic rings. The summed E-state index contributed by atoms with van der Waals surface area (Å²) in [6.07, 6.45) is 13.7. The van der Waals surface area contributed by atoms with Gasteiger partial charge in [-0.2, -0.15) is 8.78 Å². The number of halogens is 2. The molecule has 2 aliphatic rings. The predicted molar refractivity (Wildman–Crippen MR) is 98.1 cm³/mol. The van der Waals surface area contributed by atoms with Gasteiger partial charge in [0.1, 0.15) is 5.75 Å². The van der Waals surface area contributed by atoms with Gasteiger partial charge in [-0.3, -0.25) is 0 Å². The summed E-state index contributed by atoms with van der Waals surface area (Å²) in [5.74, 6) is 3.68. The zero-order chi connectivity index (χ0) is 17.6. The van der Waals surface area contributed by atoms with Gasteiger partial charge in [-0.15, -0.1) is 0 Å². The lowest BCUT2D eigenvalue weighted by atomic mass is 9.74. The summed E-state index contributed by atoms with van der Waals surface area (Å²) < 4.78 is 28.9. The maximum absolute atomic E-state index is 12.2. The fourth-order valence-corrected chi connectivity index (χ4v) is 4.80. The van der Waals surface area contributed by atoms with E-state index < -0.39 is 6.61 Å². The zero-order valence-electron chi connectivity index (χ0n) is 15.4. The molecule has 0 bridgehead atoms. The van der Waals surface area contributed by atoms with Gasteiger partial charge in [-0.1, -0.05) is 57.6 Å². The van der Waals surface area contributed by atoms with Crippen LogP contribution in [0.25, 0.3) is 0 Å². The summed E-state index contributed by atoms with van der Waals surface area (Å²) in [7, 11) is 0. The summed E-state index contributed by atoms with van der Waals surface area (Å²) in [5, 5.41) is 0. The van der Waals surface area contributed by atoms with Gasteiger partial charge in [0.05, 0.1) is 0 Å². The SMILES string of the molecule is CC1CCC(CCC2CCC(c3ccc(OC(F)F)cc3)CC2)CC1. The highest BCUT2D eigenvalue weighted by Crippen LogP contribution is 2.40. The van der Waals surface area contributed by atoms with Gasteiger partial charge >= 0.3 is 6.61 Å². The molecular formula is C22H32F2O. The van der Waals surface area contributed by atoms with Gasteiger partial charge in [-0.05, 0) is 67.1 Å². The third-order valence-corrected chi connectivity index (χ3v) is 6.54. The second-order valence-corrected chi connectivity index (χ2v) is 8.37. The molecule has 0 radical (unpaired) electrons. The molecule has 0 N–H and O–H groups in total. The number of benzene rings is 1. The largest absolute Gasteiger partial charge is 0.435 e. The molecule has 2 fully saturated rings. The second kappa shape index (κ2) is 9.00. The summed E-state index contributed by atoms with van der Waals surface area (Å²) in [6.45, 7) is -0.349. The van der Waals surface area contributed by atoms with Crippen LogP contribution in [0.2, 0.25) is 0 Å². The van der Waals surface area contributed by atoms with Crippen molar-refractivity contribution in [3.05, 3.63) is 29.8 Å². The van der Waals surface area contributed by atoms with Crippen LogP contribution < -0.4 is 4.74 Å². The van der Waals surface area contributed by atoms with Crippen LogP contribution in [0.15, 0.2) is 24.3 Å². The topological polar surface area (TPSA) is 9.23 Å². The number of hydrogen-bond donors (Lipinski definition) is 0. The fourth-order valence-electron chi connectivity index (χ4n) is 4.80. The van der Waals surface area contributed by atoms with Gasteiger partial charge in [0, 0.05) is 0 Å². The van der Waals surface area contributed by atoms with Crippen LogP contribution in [-0.4, -0.2) is 6.61 Å². The molecule has 2 aliphatic carbocycles. The Morgan fingerprint density at radius 1 is 0.840 bits per heavy atom. The lowest BCUT2D eigenvalue weighted by Crippen LogP contribution is -2.17. The lowest BCUT2D eigenvalue weighted by Gasteiger charge is -2.31. The quantitative estimate of drug-likeness (QED) is 0.528. The van der Waals surface area contributed by atoms with Crippen LogP contribution in [0.1, 0.15) is 82.6 Å². The van der Waals surface area contributed by atoms with E-state index in [2.05, 4.69) is 11.7 Å². The summed E-state index contributed by atoms with van der Waals surface area (Å²) in [4.78, 5) is 0. The highest BCUT2D eigenvalue weighted by atomic mass is 19.3. The Kier molecular flexibility index (Phi) is 6.72. The van der Waals surface area contributed by atoms with E-state index in [1.54, 1.807) is 12.1 Å². The first kappa shape index (κ1) is 18.7. The molecule has 0 aliphatic heterocycles. The molecule has 0 spiro atoms. The first-order valence-corrected chi connectivity index (χ1v) is 10.1. The Balaban J connectivity index is 1.39. The van der Waals surface area contributed by atoms with Crippen molar-refractivity contribution in [3.8, 4) is 5.75 Å². The molecule has 2 saturated carbocycles. The second-order valence-electron chi connectivity index (χ2n) is 8.37. The fraction of sp³-hybridized carbons (Fsp3) is 0.727. The van der Waals surface area contributed by atoms with Crippen molar-refractivity contribution >= 4 is 0 Å². The minimum atomic E-state index is -2.74. The maximum Gasteiger partial charge on any atom is 0.387 e. The Bertz CT molecular complexity index is 497. The van der Waals surface area contributed by atoms with Crippen molar-refractivity contribution in [1.82, 2.24) is 0 Å². The number of alkyl halides is 2. The molecule has 0 heterocycles. The van der Waals surface area contributed by atoms with Gasteiger partial charge in [0.25, 0.3) is 0 Å². The van der Waals surface area contributed by atoms with E-state index in [0.717, 1.165) is 17.8 Å². The average Bonchev–Trinajstić information content (AvgIpc) is 2.62. The van der Waals surface area contributed by atoms with Gasteiger partial charge in [0.2, 0.25) is 0 Å². The van der Waals surface area contributed by atoms with Crippen molar-refractivity contribution in [3.63, 3.8) is 0 Å². The molecule has 0 unspecified atom stereocenters. The number of ether oxygens (including phenoxy) is 1. The van der Waals surface area contributed by atoms with E-state index in [4.69, 9.17) is 0 Å². The van der Waals surface area contributed by atoms with Gasteiger partial charge in [-0.25, -0.2) is 0 Å². The van der Waals surface area contributed by atoms with E-state index in [9.17, 15) is 8.78 Å². The van der Waals surface area contributed by atoms with Crippen LogP contribution in [0, 0.1) is 17.8 Å².